The molecule has 15 heavy (non-hydrogen) atoms. The molecular weight excluding hydrogens is 194 g/mol. The molecule has 0 aliphatic carbocycles. The number of esters is 1. The molecule has 0 spiro atoms. The maximum atomic E-state index is 11.3. The van der Waals surface area contributed by atoms with Gasteiger partial charge in [0, 0.05) is 12.7 Å². The van der Waals surface area contributed by atoms with E-state index in [2.05, 4.69) is 0 Å². The summed E-state index contributed by atoms with van der Waals surface area (Å²) in [6.45, 7) is 2.11. The Morgan fingerprint density at radius 3 is 2.47 bits per heavy atom. The standard InChI is InChI=1S/C11H13NO3/c1-3-15-11(14)9-4-6-10(7-5-9)12(2)8-13/h4-8H,3H2,1-2H3. The third-order valence-corrected chi connectivity index (χ3v) is 1.94. The molecule has 1 aromatic carbocycles. The molecule has 1 amide bonds. The SMILES string of the molecule is CCOC(=O)c1ccc(N(C)C=O)cc1. The van der Waals surface area contributed by atoms with Crippen LogP contribution in [0.1, 0.15) is 17.3 Å². The van der Waals surface area contributed by atoms with Crippen molar-refractivity contribution < 1.29 is 14.3 Å². The first-order valence-corrected chi connectivity index (χ1v) is 4.64. The van der Waals surface area contributed by atoms with Crippen molar-refractivity contribution in [3.05, 3.63) is 29.8 Å². The Bertz CT molecular complexity index is 345. The van der Waals surface area contributed by atoms with Gasteiger partial charge in [-0.25, -0.2) is 4.79 Å². The third kappa shape index (κ3) is 2.80. The van der Waals surface area contributed by atoms with E-state index in [0.29, 0.717) is 18.6 Å². The van der Waals surface area contributed by atoms with Crippen LogP contribution in [0, 0.1) is 0 Å². The summed E-state index contributed by atoms with van der Waals surface area (Å²) in [5, 5.41) is 0. The van der Waals surface area contributed by atoms with E-state index in [4.69, 9.17) is 4.74 Å². The summed E-state index contributed by atoms with van der Waals surface area (Å²) in [6.07, 6.45) is 0.708. The monoisotopic (exact) mass is 207 g/mol. The molecule has 0 unspecified atom stereocenters. The number of anilines is 1. The summed E-state index contributed by atoms with van der Waals surface area (Å²) >= 11 is 0. The number of carbonyl (C=O) groups is 2. The number of carbonyl (C=O) groups excluding carboxylic acids is 2. The lowest BCUT2D eigenvalue weighted by Gasteiger charge is -2.10. The molecule has 4 nitrogen and oxygen atoms in total. The van der Waals surface area contributed by atoms with Gasteiger partial charge in [-0.15, -0.1) is 0 Å². The largest absolute Gasteiger partial charge is 0.462 e. The number of rotatable bonds is 4. The number of benzene rings is 1. The van der Waals surface area contributed by atoms with Gasteiger partial charge in [-0.3, -0.25) is 4.79 Å². The van der Waals surface area contributed by atoms with Crippen LogP contribution in [-0.4, -0.2) is 26.0 Å². The van der Waals surface area contributed by atoms with E-state index in [1.165, 1.54) is 4.90 Å². The maximum absolute atomic E-state index is 11.3. The van der Waals surface area contributed by atoms with Crippen LogP contribution < -0.4 is 4.90 Å². The Morgan fingerprint density at radius 1 is 1.40 bits per heavy atom. The molecule has 80 valence electrons. The quantitative estimate of drug-likeness (QED) is 0.554. The molecule has 0 atom stereocenters. The zero-order chi connectivity index (χ0) is 11.3. The third-order valence-electron chi connectivity index (χ3n) is 1.94. The van der Waals surface area contributed by atoms with Gasteiger partial charge in [0.25, 0.3) is 0 Å². The van der Waals surface area contributed by atoms with Gasteiger partial charge in [0.2, 0.25) is 6.41 Å². The smallest absolute Gasteiger partial charge is 0.338 e. The van der Waals surface area contributed by atoms with E-state index >= 15 is 0 Å². The normalized spacial score (nSPS) is 9.47. The van der Waals surface area contributed by atoms with Gasteiger partial charge >= 0.3 is 5.97 Å². The summed E-state index contributed by atoms with van der Waals surface area (Å²) in [4.78, 5) is 23.2. The van der Waals surface area contributed by atoms with Gasteiger partial charge in [0.15, 0.2) is 0 Å². The molecular formula is C11H13NO3. The minimum atomic E-state index is -0.349. The molecule has 1 rings (SSSR count). The van der Waals surface area contributed by atoms with Crippen molar-refractivity contribution in [2.75, 3.05) is 18.6 Å². The summed E-state index contributed by atoms with van der Waals surface area (Å²) < 4.78 is 4.83. The fourth-order valence-corrected chi connectivity index (χ4v) is 1.11. The fraction of sp³-hybridized carbons (Fsp3) is 0.273. The summed E-state index contributed by atoms with van der Waals surface area (Å²) in [5.74, 6) is -0.349. The molecule has 0 N–H and O–H groups in total. The van der Waals surface area contributed by atoms with E-state index in [1.54, 1.807) is 38.2 Å². The highest BCUT2D eigenvalue weighted by molar-refractivity contribution is 5.90. The Hall–Kier alpha value is -1.84. The topological polar surface area (TPSA) is 46.6 Å². The van der Waals surface area contributed by atoms with Gasteiger partial charge in [-0.05, 0) is 31.2 Å². The molecule has 4 heteroatoms. The van der Waals surface area contributed by atoms with Crippen molar-refractivity contribution in [1.82, 2.24) is 0 Å². The molecule has 1 aromatic rings. The lowest BCUT2D eigenvalue weighted by molar-refractivity contribution is -0.107. The van der Waals surface area contributed by atoms with Crippen molar-refractivity contribution in [2.24, 2.45) is 0 Å². The van der Waals surface area contributed by atoms with E-state index in [9.17, 15) is 9.59 Å². The zero-order valence-electron chi connectivity index (χ0n) is 8.77. The van der Waals surface area contributed by atoms with Gasteiger partial charge in [-0.1, -0.05) is 0 Å². The molecule has 0 saturated heterocycles. The van der Waals surface area contributed by atoms with Gasteiger partial charge in [0.05, 0.1) is 12.2 Å². The minimum absolute atomic E-state index is 0.349. The van der Waals surface area contributed by atoms with Crippen LogP contribution in [-0.2, 0) is 9.53 Å². The van der Waals surface area contributed by atoms with Crippen molar-refractivity contribution >= 4 is 18.1 Å². The van der Waals surface area contributed by atoms with E-state index in [1.807, 2.05) is 0 Å². The van der Waals surface area contributed by atoms with Crippen LogP contribution in [0.3, 0.4) is 0 Å². The van der Waals surface area contributed by atoms with Crippen LogP contribution in [0.5, 0.6) is 0 Å². The Labute approximate surface area is 88.5 Å². The highest BCUT2D eigenvalue weighted by atomic mass is 16.5. The van der Waals surface area contributed by atoms with E-state index in [-0.39, 0.29) is 5.97 Å². The highest BCUT2D eigenvalue weighted by Crippen LogP contribution is 2.12. The maximum Gasteiger partial charge on any atom is 0.338 e. The van der Waals surface area contributed by atoms with Crippen molar-refractivity contribution in [3.63, 3.8) is 0 Å². The average molecular weight is 207 g/mol. The molecule has 0 bridgehead atoms. The van der Waals surface area contributed by atoms with Crippen LogP contribution >= 0.6 is 0 Å². The first kappa shape index (κ1) is 11.2. The van der Waals surface area contributed by atoms with Crippen LogP contribution in [0.2, 0.25) is 0 Å². The number of amides is 1. The van der Waals surface area contributed by atoms with Crippen LogP contribution in [0.25, 0.3) is 0 Å². The minimum Gasteiger partial charge on any atom is -0.462 e. The molecule has 0 aliphatic heterocycles. The van der Waals surface area contributed by atoms with Gasteiger partial charge < -0.3 is 9.64 Å². The molecule has 0 saturated carbocycles. The highest BCUT2D eigenvalue weighted by Gasteiger charge is 2.06. The Kier molecular flexibility index (Phi) is 3.85. The average Bonchev–Trinajstić information content (AvgIpc) is 2.28. The summed E-state index contributed by atoms with van der Waals surface area (Å²) in [7, 11) is 1.65. The Balaban J connectivity index is 2.80. The predicted octanol–water partition coefficient (Wildman–Crippen LogP) is 1.46. The first-order chi connectivity index (χ1) is 7.19. The van der Waals surface area contributed by atoms with Gasteiger partial charge in [0.1, 0.15) is 0 Å². The first-order valence-electron chi connectivity index (χ1n) is 4.64. The van der Waals surface area contributed by atoms with E-state index < -0.39 is 0 Å². The Morgan fingerprint density at radius 2 is 2.00 bits per heavy atom. The van der Waals surface area contributed by atoms with Crippen molar-refractivity contribution in [3.8, 4) is 0 Å². The second-order valence-electron chi connectivity index (χ2n) is 2.98. The molecule has 0 fully saturated rings. The lowest BCUT2D eigenvalue weighted by Crippen LogP contribution is -2.13. The lowest BCUT2D eigenvalue weighted by atomic mass is 10.2. The fourth-order valence-electron chi connectivity index (χ4n) is 1.11. The summed E-state index contributed by atoms with van der Waals surface area (Å²) in [5.41, 5.74) is 1.22. The molecule has 0 aliphatic rings. The number of hydrogen-bond donors (Lipinski definition) is 0. The second kappa shape index (κ2) is 5.14. The van der Waals surface area contributed by atoms with Gasteiger partial charge in [-0.2, -0.15) is 0 Å². The van der Waals surface area contributed by atoms with Crippen LogP contribution in [0.15, 0.2) is 24.3 Å². The second-order valence-corrected chi connectivity index (χ2v) is 2.98. The molecule has 0 aromatic heterocycles. The molecule has 0 radical (unpaired) electrons. The number of nitrogens with zero attached hydrogens (tertiary/aromatic N) is 1. The van der Waals surface area contributed by atoms with E-state index in [0.717, 1.165) is 5.69 Å². The van der Waals surface area contributed by atoms with Crippen molar-refractivity contribution in [2.45, 2.75) is 6.92 Å². The summed E-state index contributed by atoms with van der Waals surface area (Å²) in [6, 6.07) is 6.65. The van der Waals surface area contributed by atoms with Crippen LogP contribution in [0.4, 0.5) is 5.69 Å². The van der Waals surface area contributed by atoms with Crippen molar-refractivity contribution in [1.29, 1.82) is 0 Å². The zero-order valence-corrected chi connectivity index (χ0v) is 8.77. The predicted molar refractivity (Wildman–Crippen MR) is 56.9 cm³/mol. The molecule has 0 heterocycles. The number of ether oxygens (including phenoxy) is 1. The number of hydrogen-bond acceptors (Lipinski definition) is 3.